The third-order valence-corrected chi connectivity index (χ3v) is 5.44. The normalized spacial score (nSPS) is 15.0. The Morgan fingerprint density at radius 3 is 2.93 bits per heavy atom. The van der Waals surface area contributed by atoms with Crippen molar-refractivity contribution < 1.29 is 4.74 Å². The summed E-state index contributed by atoms with van der Waals surface area (Å²) in [5, 5.41) is 8.87. The zero-order chi connectivity index (χ0) is 18.2. The molecule has 0 amide bonds. The maximum atomic E-state index is 5.76. The van der Waals surface area contributed by atoms with Crippen LogP contribution in [0.1, 0.15) is 43.0 Å². The minimum absolute atomic E-state index is 0. The summed E-state index contributed by atoms with van der Waals surface area (Å²) in [7, 11) is 0. The van der Waals surface area contributed by atoms with Gasteiger partial charge in [0.25, 0.3) is 0 Å². The maximum absolute atomic E-state index is 5.76. The number of pyridine rings is 1. The number of nitrogens with zero attached hydrogens (tertiary/aromatic N) is 2. The van der Waals surface area contributed by atoms with Crippen LogP contribution < -0.4 is 15.4 Å². The Morgan fingerprint density at radius 2 is 2.22 bits per heavy atom. The average molecular weight is 500 g/mol. The van der Waals surface area contributed by atoms with Crippen molar-refractivity contribution in [2.75, 3.05) is 19.7 Å². The molecule has 0 aromatic carbocycles. The Bertz CT molecular complexity index is 704. The topological polar surface area (TPSA) is 58.5 Å². The van der Waals surface area contributed by atoms with E-state index in [2.05, 4.69) is 47.0 Å². The summed E-state index contributed by atoms with van der Waals surface area (Å²) in [5.74, 6) is 2.73. The minimum Gasteiger partial charge on any atom is -0.477 e. The number of rotatable bonds is 9. The lowest BCUT2D eigenvalue weighted by Crippen LogP contribution is -2.39. The van der Waals surface area contributed by atoms with Crippen molar-refractivity contribution in [3.05, 3.63) is 46.3 Å². The van der Waals surface area contributed by atoms with Crippen LogP contribution in [0.5, 0.6) is 5.88 Å². The molecule has 0 spiro atoms. The predicted octanol–water partition coefficient (Wildman–Crippen LogP) is 4.41. The molecule has 7 heteroatoms. The van der Waals surface area contributed by atoms with Crippen LogP contribution in [-0.4, -0.2) is 30.6 Å². The van der Waals surface area contributed by atoms with E-state index in [-0.39, 0.29) is 24.0 Å². The van der Waals surface area contributed by atoms with E-state index < -0.39 is 0 Å². The lowest BCUT2D eigenvalue weighted by molar-refractivity contribution is 0.288. The molecule has 148 valence electrons. The second-order valence-electron chi connectivity index (χ2n) is 6.75. The van der Waals surface area contributed by atoms with E-state index in [9.17, 15) is 0 Å². The fraction of sp³-hybridized carbons (Fsp3) is 0.500. The second-order valence-corrected chi connectivity index (χ2v) is 7.73. The van der Waals surface area contributed by atoms with Crippen molar-refractivity contribution in [1.29, 1.82) is 0 Å². The van der Waals surface area contributed by atoms with E-state index in [0.717, 1.165) is 37.1 Å². The Morgan fingerprint density at radius 1 is 1.37 bits per heavy atom. The first kappa shape index (κ1) is 21.9. The summed E-state index contributed by atoms with van der Waals surface area (Å²) in [4.78, 5) is 10.4. The predicted molar refractivity (Wildman–Crippen MR) is 123 cm³/mol. The van der Waals surface area contributed by atoms with Crippen LogP contribution >= 0.6 is 35.3 Å². The summed E-state index contributed by atoms with van der Waals surface area (Å²) < 4.78 is 5.76. The molecular formula is C20H29IN4OS. The quantitative estimate of drug-likeness (QED) is 0.304. The molecule has 2 aromatic rings. The molecule has 1 aliphatic carbocycles. The highest BCUT2D eigenvalue weighted by molar-refractivity contribution is 14.0. The molecule has 5 nitrogen and oxygen atoms in total. The summed E-state index contributed by atoms with van der Waals surface area (Å²) in [6, 6.07) is 8.26. The Labute approximate surface area is 183 Å². The van der Waals surface area contributed by atoms with Crippen molar-refractivity contribution in [2.45, 2.75) is 39.2 Å². The van der Waals surface area contributed by atoms with Crippen molar-refractivity contribution in [3.63, 3.8) is 0 Å². The number of nitrogens with one attached hydrogen (secondary N) is 2. The number of guanidine groups is 1. The third-order valence-electron chi connectivity index (χ3n) is 4.33. The lowest BCUT2D eigenvalue weighted by atomic mass is 10.1. The van der Waals surface area contributed by atoms with E-state index in [0.29, 0.717) is 18.3 Å². The summed E-state index contributed by atoms with van der Waals surface area (Å²) in [6.45, 7) is 7.39. The largest absolute Gasteiger partial charge is 0.477 e. The Kier molecular flexibility index (Phi) is 9.33. The molecule has 0 radical (unpaired) electrons. The second kappa shape index (κ2) is 11.5. The summed E-state index contributed by atoms with van der Waals surface area (Å²) in [5.41, 5.74) is 1.11. The van der Waals surface area contributed by atoms with Gasteiger partial charge in [0.1, 0.15) is 0 Å². The highest BCUT2D eigenvalue weighted by Crippen LogP contribution is 2.29. The van der Waals surface area contributed by atoms with Gasteiger partial charge in [0, 0.05) is 36.1 Å². The first-order chi connectivity index (χ1) is 12.7. The lowest BCUT2D eigenvalue weighted by Gasteiger charge is -2.15. The SMILES string of the molecule is CCNC(=NCc1ccnc(OCC2CC2)c1)NCC(C)c1cccs1.I. The molecule has 2 aromatic heterocycles. The number of thiophene rings is 1. The van der Waals surface area contributed by atoms with Gasteiger partial charge in [-0.2, -0.15) is 0 Å². The van der Waals surface area contributed by atoms with Crippen LogP contribution in [0.25, 0.3) is 0 Å². The molecule has 0 aliphatic heterocycles. The molecule has 1 fully saturated rings. The van der Waals surface area contributed by atoms with Crippen LogP contribution in [0.4, 0.5) is 0 Å². The van der Waals surface area contributed by atoms with E-state index in [1.54, 1.807) is 17.5 Å². The number of halogens is 1. The molecule has 0 saturated heterocycles. The van der Waals surface area contributed by atoms with Gasteiger partial charge in [-0.1, -0.05) is 13.0 Å². The first-order valence-corrected chi connectivity index (χ1v) is 10.3. The van der Waals surface area contributed by atoms with Gasteiger partial charge in [0.15, 0.2) is 5.96 Å². The molecule has 27 heavy (non-hydrogen) atoms. The zero-order valence-electron chi connectivity index (χ0n) is 16.0. The minimum atomic E-state index is 0. The highest BCUT2D eigenvalue weighted by Gasteiger charge is 2.22. The smallest absolute Gasteiger partial charge is 0.213 e. The number of hydrogen-bond donors (Lipinski definition) is 2. The molecule has 1 saturated carbocycles. The Hall–Kier alpha value is -1.35. The molecule has 1 aliphatic rings. The van der Waals surface area contributed by atoms with E-state index in [4.69, 9.17) is 9.73 Å². The molecule has 1 atom stereocenters. The van der Waals surface area contributed by atoms with Gasteiger partial charge in [-0.15, -0.1) is 35.3 Å². The fourth-order valence-electron chi connectivity index (χ4n) is 2.55. The first-order valence-electron chi connectivity index (χ1n) is 9.38. The molecule has 0 bridgehead atoms. The van der Waals surface area contributed by atoms with Gasteiger partial charge in [-0.25, -0.2) is 9.98 Å². The summed E-state index contributed by atoms with van der Waals surface area (Å²) >= 11 is 1.80. The van der Waals surface area contributed by atoms with Crippen LogP contribution in [0.3, 0.4) is 0 Å². The van der Waals surface area contributed by atoms with Crippen LogP contribution in [0.15, 0.2) is 40.8 Å². The molecule has 3 rings (SSSR count). The van der Waals surface area contributed by atoms with Crippen molar-refractivity contribution in [1.82, 2.24) is 15.6 Å². The molecular weight excluding hydrogens is 471 g/mol. The van der Waals surface area contributed by atoms with Gasteiger partial charge in [0.05, 0.1) is 13.2 Å². The van der Waals surface area contributed by atoms with Crippen LogP contribution in [-0.2, 0) is 6.54 Å². The van der Waals surface area contributed by atoms with E-state index >= 15 is 0 Å². The standard InChI is InChI=1S/C20H28N4OS.HI/c1-3-21-20(23-12-15(2)18-5-4-10-26-18)24-13-17-8-9-22-19(11-17)25-14-16-6-7-16;/h4-5,8-11,15-16H,3,6-7,12-14H2,1-2H3,(H2,21,23,24);1H. The van der Waals surface area contributed by atoms with Gasteiger partial charge in [-0.3, -0.25) is 0 Å². The van der Waals surface area contributed by atoms with Crippen LogP contribution in [0, 0.1) is 5.92 Å². The van der Waals surface area contributed by atoms with Crippen LogP contribution in [0.2, 0.25) is 0 Å². The van der Waals surface area contributed by atoms with Gasteiger partial charge in [0.2, 0.25) is 5.88 Å². The van der Waals surface area contributed by atoms with Gasteiger partial charge >= 0.3 is 0 Å². The van der Waals surface area contributed by atoms with Gasteiger partial charge < -0.3 is 15.4 Å². The number of ether oxygens (including phenoxy) is 1. The molecule has 2 heterocycles. The van der Waals surface area contributed by atoms with Crippen molar-refractivity contribution in [3.8, 4) is 5.88 Å². The van der Waals surface area contributed by atoms with Gasteiger partial charge in [-0.05, 0) is 48.8 Å². The van der Waals surface area contributed by atoms with Crippen molar-refractivity contribution in [2.24, 2.45) is 10.9 Å². The van der Waals surface area contributed by atoms with E-state index in [1.165, 1.54) is 17.7 Å². The fourth-order valence-corrected chi connectivity index (χ4v) is 3.34. The Balaban J connectivity index is 0.00000261. The van der Waals surface area contributed by atoms with E-state index in [1.807, 2.05) is 12.1 Å². The monoisotopic (exact) mass is 500 g/mol. The molecule has 2 N–H and O–H groups in total. The third kappa shape index (κ3) is 7.65. The van der Waals surface area contributed by atoms with Crippen molar-refractivity contribution >= 4 is 41.3 Å². The maximum Gasteiger partial charge on any atom is 0.213 e. The summed E-state index contributed by atoms with van der Waals surface area (Å²) in [6.07, 6.45) is 4.36. The number of aliphatic imine (C=N–C) groups is 1. The molecule has 1 unspecified atom stereocenters. The zero-order valence-corrected chi connectivity index (χ0v) is 19.1. The highest BCUT2D eigenvalue weighted by atomic mass is 127. The average Bonchev–Trinajstić information content (AvgIpc) is 3.33. The number of hydrogen-bond acceptors (Lipinski definition) is 4. The number of aromatic nitrogens is 1.